The highest BCUT2D eigenvalue weighted by molar-refractivity contribution is 5.85. The highest BCUT2D eigenvalue weighted by Gasteiger charge is 2.44. The van der Waals surface area contributed by atoms with Crippen LogP contribution in [-0.4, -0.2) is 64.2 Å². The second-order valence-electron chi connectivity index (χ2n) is 6.76. The Balaban J connectivity index is 1.55. The third-order valence-electron chi connectivity index (χ3n) is 5.14. The van der Waals surface area contributed by atoms with E-state index >= 15 is 0 Å². The van der Waals surface area contributed by atoms with E-state index in [9.17, 15) is 9.59 Å². The summed E-state index contributed by atoms with van der Waals surface area (Å²) in [5.41, 5.74) is 0.935. The second kappa shape index (κ2) is 5.63. The summed E-state index contributed by atoms with van der Waals surface area (Å²) in [6, 6.07) is 1.49. The van der Waals surface area contributed by atoms with Crippen molar-refractivity contribution in [3.8, 4) is 0 Å². The van der Waals surface area contributed by atoms with Crippen molar-refractivity contribution in [2.75, 3.05) is 32.8 Å². The summed E-state index contributed by atoms with van der Waals surface area (Å²) in [5.74, 6) is 0.843. The maximum atomic E-state index is 12.9. The van der Waals surface area contributed by atoms with Crippen LogP contribution in [0.5, 0.6) is 0 Å². The molecule has 0 aromatic carbocycles. The van der Waals surface area contributed by atoms with Gasteiger partial charge >= 0.3 is 0 Å². The first-order valence-corrected chi connectivity index (χ1v) is 8.33. The Morgan fingerprint density at radius 1 is 1.22 bits per heavy atom. The molecule has 3 aliphatic rings. The summed E-state index contributed by atoms with van der Waals surface area (Å²) in [6.45, 7) is 5.45. The molecule has 1 aromatic rings. The lowest BCUT2D eigenvalue weighted by molar-refractivity contribution is -0.143. The molecule has 3 heterocycles. The van der Waals surface area contributed by atoms with Crippen molar-refractivity contribution < 1.29 is 14.3 Å². The highest BCUT2D eigenvalue weighted by Crippen LogP contribution is 2.40. The number of morpholine rings is 1. The van der Waals surface area contributed by atoms with Gasteiger partial charge in [0, 0.05) is 25.2 Å². The summed E-state index contributed by atoms with van der Waals surface area (Å²) in [7, 11) is 0. The minimum absolute atomic E-state index is 0.0413. The predicted octanol–water partition coefficient (Wildman–Crippen LogP) is 0.281. The van der Waals surface area contributed by atoms with E-state index in [4.69, 9.17) is 4.74 Å². The van der Waals surface area contributed by atoms with Gasteiger partial charge in [0.15, 0.2) is 0 Å². The van der Waals surface area contributed by atoms with E-state index < -0.39 is 6.04 Å². The van der Waals surface area contributed by atoms with E-state index in [-0.39, 0.29) is 17.7 Å². The molecule has 3 atom stereocenters. The summed E-state index contributed by atoms with van der Waals surface area (Å²) < 4.78 is 7.11. The number of amides is 2. The molecule has 23 heavy (non-hydrogen) atoms. The zero-order chi connectivity index (χ0) is 16.0. The monoisotopic (exact) mass is 318 g/mol. The first kappa shape index (κ1) is 14.7. The van der Waals surface area contributed by atoms with Crippen LogP contribution >= 0.6 is 0 Å². The van der Waals surface area contributed by atoms with Gasteiger partial charge in [0.25, 0.3) is 0 Å². The predicted molar refractivity (Wildman–Crippen MR) is 81.4 cm³/mol. The van der Waals surface area contributed by atoms with Crippen LogP contribution in [0.2, 0.25) is 0 Å². The van der Waals surface area contributed by atoms with E-state index in [0.29, 0.717) is 45.3 Å². The fraction of sp³-hybridized carbons (Fsp3) is 0.688. The van der Waals surface area contributed by atoms with Gasteiger partial charge in [-0.1, -0.05) is 6.92 Å². The van der Waals surface area contributed by atoms with E-state index in [1.165, 1.54) is 0 Å². The SMILES string of the molecule is C[C@@H]1C[C@@H]1C(=O)N1Cc2ccnn2[C@H](C(=O)N2CCOCC2)C1. The Kier molecular flexibility index (Phi) is 3.60. The van der Waals surface area contributed by atoms with Crippen LogP contribution in [-0.2, 0) is 20.9 Å². The van der Waals surface area contributed by atoms with Crippen LogP contribution in [0.15, 0.2) is 12.3 Å². The summed E-state index contributed by atoms with van der Waals surface area (Å²) >= 11 is 0. The van der Waals surface area contributed by atoms with Crippen molar-refractivity contribution in [2.45, 2.75) is 25.9 Å². The Morgan fingerprint density at radius 3 is 2.65 bits per heavy atom. The van der Waals surface area contributed by atoms with Crippen LogP contribution in [0.3, 0.4) is 0 Å². The summed E-state index contributed by atoms with van der Waals surface area (Å²) in [6.07, 6.45) is 2.68. The highest BCUT2D eigenvalue weighted by atomic mass is 16.5. The smallest absolute Gasteiger partial charge is 0.249 e. The molecule has 4 rings (SSSR count). The third kappa shape index (κ3) is 2.63. The summed E-state index contributed by atoms with van der Waals surface area (Å²) in [5, 5.41) is 4.32. The van der Waals surface area contributed by atoms with Crippen LogP contribution in [0.4, 0.5) is 0 Å². The molecule has 1 aliphatic carbocycles. The lowest BCUT2D eigenvalue weighted by Crippen LogP contribution is -2.51. The Bertz CT molecular complexity index is 623. The molecule has 7 nitrogen and oxygen atoms in total. The van der Waals surface area contributed by atoms with E-state index in [2.05, 4.69) is 12.0 Å². The van der Waals surface area contributed by atoms with Gasteiger partial charge < -0.3 is 14.5 Å². The van der Waals surface area contributed by atoms with Crippen molar-refractivity contribution in [1.29, 1.82) is 0 Å². The number of hydrogen-bond acceptors (Lipinski definition) is 4. The van der Waals surface area contributed by atoms with Crippen molar-refractivity contribution in [3.63, 3.8) is 0 Å². The van der Waals surface area contributed by atoms with E-state index in [1.807, 2.05) is 15.9 Å². The minimum atomic E-state index is -0.412. The van der Waals surface area contributed by atoms with Gasteiger partial charge in [-0.25, -0.2) is 0 Å². The van der Waals surface area contributed by atoms with E-state index in [0.717, 1.165) is 12.1 Å². The quantitative estimate of drug-likeness (QED) is 0.785. The molecular formula is C16H22N4O3. The fourth-order valence-corrected chi connectivity index (χ4v) is 3.54. The number of nitrogens with zero attached hydrogens (tertiary/aromatic N) is 4. The molecule has 0 bridgehead atoms. The lowest BCUT2D eigenvalue weighted by atomic mass is 10.1. The molecule has 7 heteroatoms. The molecule has 2 aliphatic heterocycles. The van der Waals surface area contributed by atoms with Crippen molar-refractivity contribution in [1.82, 2.24) is 19.6 Å². The largest absolute Gasteiger partial charge is 0.378 e. The first-order valence-electron chi connectivity index (χ1n) is 8.33. The molecule has 0 radical (unpaired) electrons. The molecule has 2 amide bonds. The van der Waals surface area contributed by atoms with Crippen molar-refractivity contribution >= 4 is 11.8 Å². The van der Waals surface area contributed by atoms with Gasteiger partial charge in [-0.05, 0) is 18.4 Å². The van der Waals surface area contributed by atoms with Gasteiger partial charge in [-0.3, -0.25) is 14.3 Å². The molecule has 1 saturated heterocycles. The second-order valence-corrected chi connectivity index (χ2v) is 6.76. The number of ether oxygens (including phenoxy) is 1. The van der Waals surface area contributed by atoms with Gasteiger partial charge in [-0.15, -0.1) is 0 Å². The van der Waals surface area contributed by atoms with Gasteiger partial charge in [0.05, 0.1) is 32.0 Å². The number of hydrogen-bond donors (Lipinski definition) is 0. The molecule has 1 saturated carbocycles. The molecular weight excluding hydrogens is 296 g/mol. The average Bonchev–Trinajstić information content (AvgIpc) is 3.12. The number of aromatic nitrogens is 2. The molecule has 0 unspecified atom stereocenters. The zero-order valence-corrected chi connectivity index (χ0v) is 13.4. The van der Waals surface area contributed by atoms with Gasteiger partial charge in [0.1, 0.15) is 6.04 Å². The topological polar surface area (TPSA) is 67.7 Å². The lowest BCUT2D eigenvalue weighted by Gasteiger charge is -2.37. The number of rotatable bonds is 2. The van der Waals surface area contributed by atoms with Crippen molar-refractivity contribution in [2.24, 2.45) is 11.8 Å². The Labute approximate surface area is 135 Å². The minimum Gasteiger partial charge on any atom is -0.378 e. The molecule has 0 N–H and O–H groups in total. The maximum absolute atomic E-state index is 12.9. The zero-order valence-electron chi connectivity index (χ0n) is 13.4. The normalized spacial score (nSPS) is 30.0. The average molecular weight is 318 g/mol. The molecule has 1 aromatic heterocycles. The van der Waals surface area contributed by atoms with Crippen LogP contribution in [0, 0.1) is 11.8 Å². The Morgan fingerprint density at radius 2 is 1.96 bits per heavy atom. The van der Waals surface area contributed by atoms with Crippen LogP contribution in [0.25, 0.3) is 0 Å². The maximum Gasteiger partial charge on any atom is 0.249 e. The van der Waals surface area contributed by atoms with Gasteiger partial charge in [-0.2, -0.15) is 5.10 Å². The number of carbonyl (C=O) groups excluding carboxylic acids is 2. The Hall–Kier alpha value is -1.89. The first-order chi connectivity index (χ1) is 11.1. The van der Waals surface area contributed by atoms with Crippen LogP contribution < -0.4 is 0 Å². The summed E-state index contributed by atoms with van der Waals surface area (Å²) in [4.78, 5) is 29.2. The number of fused-ring (bicyclic) bond motifs is 1. The molecule has 0 spiro atoms. The third-order valence-corrected chi connectivity index (χ3v) is 5.14. The van der Waals surface area contributed by atoms with Crippen molar-refractivity contribution in [3.05, 3.63) is 18.0 Å². The van der Waals surface area contributed by atoms with E-state index in [1.54, 1.807) is 10.9 Å². The molecule has 2 fully saturated rings. The fourth-order valence-electron chi connectivity index (χ4n) is 3.54. The number of carbonyl (C=O) groups is 2. The standard InChI is InChI=1S/C16H22N4O3/c1-11-8-13(11)15(21)19-9-12-2-3-17-20(12)14(10-19)16(22)18-4-6-23-7-5-18/h2-3,11,13-14H,4-10H2,1H3/t11-,13+,14+/m1/s1. The van der Waals surface area contributed by atoms with Gasteiger partial charge in [0.2, 0.25) is 11.8 Å². The molecule has 124 valence electrons. The van der Waals surface area contributed by atoms with Crippen LogP contribution in [0.1, 0.15) is 25.1 Å².